The molecule has 2 heterocycles. The van der Waals surface area contributed by atoms with Crippen molar-refractivity contribution in [2.75, 3.05) is 13.1 Å². The zero-order chi connectivity index (χ0) is 24.9. The Labute approximate surface area is 196 Å². The van der Waals surface area contributed by atoms with Gasteiger partial charge in [0.05, 0.1) is 23.3 Å². The Bertz CT molecular complexity index is 902. The van der Waals surface area contributed by atoms with Gasteiger partial charge in [-0.25, -0.2) is 9.18 Å². The van der Waals surface area contributed by atoms with Crippen LogP contribution in [-0.2, 0) is 14.0 Å². The minimum atomic E-state index is -0.837. The smallest absolute Gasteiger partial charge is 0.444 e. The number of hydrogen-bond acceptors (Lipinski definition) is 5. The summed E-state index contributed by atoms with van der Waals surface area (Å²) in [5.74, 6) is -0.829. The van der Waals surface area contributed by atoms with Gasteiger partial charge in [-0.3, -0.25) is 9.69 Å². The van der Waals surface area contributed by atoms with Gasteiger partial charge in [-0.15, -0.1) is 0 Å². The maximum absolute atomic E-state index is 15.0. The van der Waals surface area contributed by atoms with E-state index in [0.717, 1.165) is 0 Å². The predicted octanol–water partition coefficient (Wildman–Crippen LogP) is 3.59. The van der Waals surface area contributed by atoms with E-state index in [2.05, 4.69) is 0 Å². The third kappa shape index (κ3) is 5.19. The van der Waals surface area contributed by atoms with E-state index in [4.69, 9.17) is 14.0 Å². The molecule has 0 aromatic heterocycles. The van der Waals surface area contributed by atoms with E-state index in [1.165, 1.54) is 6.07 Å². The molecule has 2 amide bonds. The predicted molar refractivity (Wildman–Crippen MR) is 125 cm³/mol. The van der Waals surface area contributed by atoms with Crippen LogP contribution >= 0.6 is 0 Å². The number of ether oxygens (including phenoxy) is 1. The first-order chi connectivity index (χ1) is 15.0. The molecule has 0 bridgehead atoms. The average Bonchev–Trinajstić information content (AvgIpc) is 2.85. The fourth-order valence-corrected chi connectivity index (χ4v) is 4.17. The highest BCUT2D eigenvalue weighted by atomic mass is 19.1. The van der Waals surface area contributed by atoms with Crippen LogP contribution in [0.25, 0.3) is 0 Å². The topological polar surface area (TPSA) is 68.3 Å². The number of carbonyl (C=O) groups excluding carboxylic acids is 2. The molecule has 9 heteroatoms. The van der Waals surface area contributed by atoms with Crippen molar-refractivity contribution in [2.24, 2.45) is 0 Å². The van der Waals surface area contributed by atoms with Crippen molar-refractivity contribution in [1.82, 2.24) is 9.80 Å². The number of nitrogens with zero attached hydrogens (tertiary/aromatic N) is 2. The number of benzene rings is 1. The minimum Gasteiger partial charge on any atom is -0.444 e. The van der Waals surface area contributed by atoms with Gasteiger partial charge in [0.25, 0.3) is 5.91 Å². The van der Waals surface area contributed by atoms with Crippen LogP contribution in [0.3, 0.4) is 0 Å². The normalized spacial score (nSPS) is 24.7. The average molecular weight is 462 g/mol. The quantitative estimate of drug-likeness (QED) is 0.629. The SMILES string of the molecule is C[C@@H]1CN(C(=O)c2ccc(B3OC(C)(C)C(C)(C)O3)c(F)c2)C[C@H](C)N1C(=O)OC(C)(C)C. The van der Waals surface area contributed by atoms with Gasteiger partial charge < -0.3 is 18.9 Å². The monoisotopic (exact) mass is 462 g/mol. The van der Waals surface area contributed by atoms with Crippen molar-refractivity contribution in [3.05, 3.63) is 29.6 Å². The summed E-state index contributed by atoms with van der Waals surface area (Å²) < 4.78 is 32.4. The molecule has 0 spiro atoms. The van der Waals surface area contributed by atoms with E-state index in [1.54, 1.807) is 21.9 Å². The molecule has 2 saturated heterocycles. The number of rotatable bonds is 2. The van der Waals surface area contributed by atoms with Gasteiger partial charge in [0.15, 0.2) is 0 Å². The van der Waals surface area contributed by atoms with Gasteiger partial charge >= 0.3 is 13.2 Å². The van der Waals surface area contributed by atoms with Crippen LogP contribution in [0, 0.1) is 5.82 Å². The van der Waals surface area contributed by atoms with Gasteiger partial charge in [0, 0.05) is 24.1 Å². The second-order valence-corrected chi connectivity index (χ2v) is 11.1. The molecule has 0 radical (unpaired) electrons. The molecule has 2 aliphatic rings. The lowest BCUT2D eigenvalue weighted by atomic mass is 9.78. The van der Waals surface area contributed by atoms with Crippen LogP contribution in [0.4, 0.5) is 9.18 Å². The summed E-state index contributed by atoms with van der Waals surface area (Å²) in [7, 11) is -0.837. The number of halogens is 1. The molecule has 3 rings (SSSR count). The molecule has 0 saturated carbocycles. The van der Waals surface area contributed by atoms with Gasteiger partial charge in [-0.1, -0.05) is 6.07 Å². The highest BCUT2D eigenvalue weighted by Crippen LogP contribution is 2.36. The molecule has 0 N–H and O–H groups in total. The summed E-state index contributed by atoms with van der Waals surface area (Å²) in [6.45, 7) is 17.5. The fourth-order valence-electron chi connectivity index (χ4n) is 4.17. The molecular weight excluding hydrogens is 426 g/mol. The Balaban J connectivity index is 1.72. The lowest BCUT2D eigenvalue weighted by Crippen LogP contribution is -2.60. The molecule has 2 atom stereocenters. The molecule has 0 aliphatic carbocycles. The van der Waals surface area contributed by atoms with Crippen LogP contribution in [-0.4, -0.2) is 70.9 Å². The first kappa shape index (κ1) is 25.5. The van der Waals surface area contributed by atoms with E-state index in [-0.39, 0.29) is 29.0 Å². The molecule has 182 valence electrons. The fraction of sp³-hybridized carbons (Fsp3) is 0.667. The molecule has 1 aromatic rings. The summed E-state index contributed by atoms with van der Waals surface area (Å²) in [5.41, 5.74) is -1.25. The largest absolute Gasteiger partial charge is 0.497 e. The number of hydrogen-bond donors (Lipinski definition) is 0. The number of piperazine rings is 1. The Hall–Kier alpha value is -2.13. The van der Waals surface area contributed by atoms with E-state index < -0.39 is 35.8 Å². The highest BCUT2D eigenvalue weighted by molar-refractivity contribution is 6.62. The maximum atomic E-state index is 15.0. The molecule has 1 aromatic carbocycles. The standard InChI is InChI=1S/C24H36BFN2O5/c1-15-13-27(14-16(2)28(15)21(30)31-22(3,4)5)20(29)17-10-11-18(19(26)12-17)25-32-23(6,7)24(8,9)33-25/h10-12,15-16H,13-14H2,1-9H3/t15-,16+. The van der Waals surface area contributed by atoms with Crippen LogP contribution in [0.1, 0.15) is 72.7 Å². The summed E-state index contributed by atoms with van der Waals surface area (Å²) in [6, 6.07) is 3.91. The first-order valence-corrected chi connectivity index (χ1v) is 11.5. The van der Waals surface area contributed by atoms with Crippen molar-refractivity contribution in [3.63, 3.8) is 0 Å². The summed E-state index contributed by atoms with van der Waals surface area (Å²) in [6.07, 6.45) is -0.396. The maximum Gasteiger partial charge on any atom is 0.497 e. The summed E-state index contributed by atoms with van der Waals surface area (Å²) in [4.78, 5) is 29.1. The molecule has 2 aliphatic heterocycles. The van der Waals surface area contributed by atoms with Crippen LogP contribution in [0.2, 0.25) is 0 Å². The number of amides is 2. The van der Waals surface area contributed by atoms with Gasteiger partial charge in [0.2, 0.25) is 0 Å². The van der Waals surface area contributed by atoms with Crippen LogP contribution < -0.4 is 5.46 Å². The third-order valence-corrected chi connectivity index (χ3v) is 6.57. The Morgan fingerprint density at radius 2 is 1.58 bits per heavy atom. The zero-order valence-electron chi connectivity index (χ0n) is 21.2. The van der Waals surface area contributed by atoms with E-state index in [1.807, 2.05) is 62.3 Å². The highest BCUT2D eigenvalue weighted by Gasteiger charge is 2.52. The van der Waals surface area contributed by atoms with Gasteiger partial charge in [-0.05, 0) is 74.4 Å². The Kier molecular flexibility index (Phi) is 6.63. The molecular formula is C24H36BFN2O5. The van der Waals surface area contributed by atoms with Gasteiger partial charge in [-0.2, -0.15) is 0 Å². The summed E-state index contributed by atoms with van der Waals surface area (Å²) >= 11 is 0. The minimum absolute atomic E-state index is 0.235. The van der Waals surface area contributed by atoms with Crippen molar-refractivity contribution in [1.29, 1.82) is 0 Å². The van der Waals surface area contributed by atoms with Crippen molar-refractivity contribution >= 4 is 24.6 Å². The zero-order valence-corrected chi connectivity index (χ0v) is 21.2. The molecule has 0 unspecified atom stereocenters. The van der Waals surface area contributed by atoms with E-state index >= 15 is 4.39 Å². The first-order valence-electron chi connectivity index (χ1n) is 11.5. The molecule has 2 fully saturated rings. The molecule has 33 heavy (non-hydrogen) atoms. The van der Waals surface area contributed by atoms with Gasteiger partial charge in [0.1, 0.15) is 11.4 Å². The number of carbonyl (C=O) groups is 2. The Morgan fingerprint density at radius 3 is 2.03 bits per heavy atom. The van der Waals surface area contributed by atoms with Crippen LogP contribution in [0.15, 0.2) is 18.2 Å². The lowest BCUT2D eigenvalue weighted by Gasteiger charge is -2.44. The van der Waals surface area contributed by atoms with E-state index in [9.17, 15) is 9.59 Å². The van der Waals surface area contributed by atoms with Crippen molar-refractivity contribution in [2.45, 2.75) is 91.2 Å². The lowest BCUT2D eigenvalue weighted by molar-refractivity contribution is -0.0129. The van der Waals surface area contributed by atoms with E-state index in [0.29, 0.717) is 13.1 Å². The van der Waals surface area contributed by atoms with Crippen LogP contribution in [0.5, 0.6) is 0 Å². The second-order valence-electron chi connectivity index (χ2n) is 11.1. The van der Waals surface area contributed by atoms with Crippen molar-refractivity contribution in [3.8, 4) is 0 Å². The molecule has 7 nitrogen and oxygen atoms in total. The summed E-state index contributed by atoms with van der Waals surface area (Å²) in [5, 5.41) is 0. The van der Waals surface area contributed by atoms with Crippen molar-refractivity contribution < 1.29 is 28.0 Å². The second kappa shape index (κ2) is 8.58. The Morgan fingerprint density at radius 1 is 1.06 bits per heavy atom. The third-order valence-electron chi connectivity index (χ3n) is 6.57.